The maximum atomic E-state index is 13.0. The standard InChI is InChI=1S/C12H12ClFO/c13-10-5-8(6-11(14)7-10)1-4-12(15)9-2-3-9/h5-7,9H,1-4H2. The van der Waals surface area contributed by atoms with Crippen molar-refractivity contribution in [3.63, 3.8) is 0 Å². The molecule has 1 saturated carbocycles. The van der Waals surface area contributed by atoms with Gasteiger partial charge < -0.3 is 0 Å². The summed E-state index contributed by atoms with van der Waals surface area (Å²) in [4.78, 5) is 11.4. The Morgan fingerprint density at radius 3 is 2.73 bits per heavy atom. The van der Waals surface area contributed by atoms with Crippen LogP contribution in [-0.4, -0.2) is 5.78 Å². The van der Waals surface area contributed by atoms with E-state index in [1.54, 1.807) is 6.07 Å². The Morgan fingerprint density at radius 1 is 1.40 bits per heavy atom. The van der Waals surface area contributed by atoms with E-state index in [-0.39, 0.29) is 11.7 Å². The van der Waals surface area contributed by atoms with Gasteiger partial charge in [-0.3, -0.25) is 4.79 Å². The number of Topliss-reactive ketones (excluding diaryl/α,β-unsaturated/α-hetero) is 1. The second-order valence-electron chi connectivity index (χ2n) is 4.02. The molecule has 1 aliphatic rings. The molecule has 0 amide bonds. The molecular formula is C12H12ClFO. The molecule has 1 fully saturated rings. The first-order valence-corrected chi connectivity index (χ1v) is 5.50. The van der Waals surface area contributed by atoms with Gasteiger partial charge in [0, 0.05) is 17.4 Å². The topological polar surface area (TPSA) is 17.1 Å². The lowest BCUT2D eigenvalue weighted by Crippen LogP contribution is -2.02. The highest BCUT2D eigenvalue weighted by Crippen LogP contribution is 2.31. The Morgan fingerprint density at radius 2 is 2.13 bits per heavy atom. The van der Waals surface area contributed by atoms with Gasteiger partial charge in [-0.25, -0.2) is 4.39 Å². The maximum Gasteiger partial charge on any atom is 0.136 e. The lowest BCUT2D eigenvalue weighted by atomic mass is 10.1. The Balaban J connectivity index is 1.94. The van der Waals surface area contributed by atoms with Gasteiger partial charge in [-0.1, -0.05) is 11.6 Å². The molecule has 80 valence electrons. The zero-order chi connectivity index (χ0) is 10.8. The minimum absolute atomic E-state index is 0.286. The van der Waals surface area contributed by atoms with Crippen LogP contribution in [-0.2, 0) is 11.2 Å². The third kappa shape index (κ3) is 3.03. The van der Waals surface area contributed by atoms with E-state index in [2.05, 4.69) is 0 Å². The van der Waals surface area contributed by atoms with Crippen molar-refractivity contribution in [2.24, 2.45) is 5.92 Å². The molecule has 1 aromatic carbocycles. The lowest BCUT2D eigenvalue weighted by Gasteiger charge is -2.01. The predicted molar refractivity (Wildman–Crippen MR) is 57.5 cm³/mol. The second-order valence-corrected chi connectivity index (χ2v) is 4.45. The predicted octanol–water partition coefficient (Wildman–Crippen LogP) is 3.39. The Bertz CT molecular complexity index is 365. The van der Waals surface area contributed by atoms with Crippen molar-refractivity contribution in [2.75, 3.05) is 0 Å². The molecule has 0 atom stereocenters. The van der Waals surface area contributed by atoms with Crippen LogP contribution in [0.3, 0.4) is 0 Å². The van der Waals surface area contributed by atoms with Gasteiger partial charge in [0.25, 0.3) is 0 Å². The molecule has 3 heteroatoms. The number of carbonyl (C=O) groups excluding carboxylic acids is 1. The van der Waals surface area contributed by atoms with Gasteiger partial charge in [-0.2, -0.15) is 0 Å². The van der Waals surface area contributed by atoms with Gasteiger partial charge in [0.05, 0.1) is 0 Å². The van der Waals surface area contributed by atoms with E-state index in [4.69, 9.17) is 11.6 Å². The molecule has 1 aromatic rings. The first-order chi connectivity index (χ1) is 7.15. The van der Waals surface area contributed by atoms with E-state index in [0.717, 1.165) is 18.4 Å². The summed E-state index contributed by atoms with van der Waals surface area (Å²) in [6.07, 6.45) is 3.16. The van der Waals surface area contributed by atoms with Crippen molar-refractivity contribution in [2.45, 2.75) is 25.7 Å². The van der Waals surface area contributed by atoms with Crippen molar-refractivity contribution in [1.29, 1.82) is 0 Å². The van der Waals surface area contributed by atoms with Crippen molar-refractivity contribution in [3.05, 3.63) is 34.6 Å². The fraction of sp³-hybridized carbons (Fsp3) is 0.417. The highest BCUT2D eigenvalue weighted by atomic mass is 35.5. The van der Waals surface area contributed by atoms with Gasteiger partial charge in [-0.15, -0.1) is 0 Å². The third-order valence-electron chi connectivity index (χ3n) is 2.62. The van der Waals surface area contributed by atoms with Crippen LogP contribution >= 0.6 is 11.6 Å². The smallest absolute Gasteiger partial charge is 0.136 e. The molecule has 15 heavy (non-hydrogen) atoms. The Labute approximate surface area is 93.2 Å². The number of aryl methyl sites for hydroxylation is 1. The Kier molecular flexibility index (Phi) is 3.06. The molecule has 0 saturated heterocycles. The fourth-order valence-corrected chi connectivity index (χ4v) is 1.88. The number of ketones is 1. The quantitative estimate of drug-likeness (QED) is 0.769. The first kappa shape index (κ1) is 10.6. The molecule has 0 heterocycles. The van der Waals surface area contributed by atoms with Gasteiger partial charge in [0.2, 0.25) is 0 Å². The second kappa shape index (κ2) is 4.31. The van der Waals surface area contributed by atoms with Crippen LogP contribution in [0.1, 0.15) is 24.8 Å². The lowest BCUT2D eigenvalue weighted by molar-refractivity contribution is -0.120. The van der Waals surface area contributed by atoms with E-state index in [0.29, 0.717) is 23.6 Å². The largest absolute Gasteiger partial charge is 0.299 e. The molecule has 0 aromatic heterocycles. The highest BCUT2D eigenvalue weighted by molar-refractivity contribution is 6.30. The first-order valence-electron chi connectivity index (χ1n) is 5.13. The molecule has 0 aliphatic heterocycles. The molecule has 0 spiro atoms. The van der Waals surface area contributed by atoms with Crippen molar-refractivity contribution in [3.8, 4) is 0 Å². The van der Waals surface area contributed by atoms with Crippen molar-refractivity contribution < 1.29 is 9.18 Å². The monoisotopic (exact) mass is 226 g/mol. The van der Waals surface area contributed by atoms with Crippen LogP contribution in [0.2, 0.25) is 5.02 Å². The number of hydrogen-bond donors (Lipinski definition) is 0. The van der Waals surface area contributed by atoms with E-state index in [9.17, 15) is 9.18 Å². The summed E-state index contributed by atoms with van der Waals surface area (Å²) < 4.78 is 13.0. The zero-order valence-electron chi connectivity index (χ0n) is 8.30. The number of halogens is 2. The number of benzene rings is 1. The minimum Gasteiger partial charge on any atom is -0.299 e. The van der Waals surface area contributed by atoms with Crippen LogP contribution in [0.4, 0.5) is 4.39 Å². The normalized spacial score (nSPS) is 15.3. The third-order valence-corrected chi connectivity index (χ3v) is 2.83. The number of rotatable bonds is 4. The van der Waals surface area contributed by atoms with Crippen LogP contribution in [0.25, 0.3) is 0 Å². The average molecular weight is 227 g/mol. The van der Waals surface area contributed by atoms with Crippen molar-refractivity contribution in [1.82, 2.24) is 0 Å². The summed E-state index contributed by atoms with van der Waals surface area (Å²) in [6, 6.07) is 4.42. The van der Waals surface area contributed by atoms with E-state index >= 15 is 0 Å². The van der Waals surface area contributed by atoms with E-state index in [1.165, 1.54) is 12.1 Å². The summed E-state index contributed by atoms with van der Waals surface area (Å²) >= 11 is 5.72. The summed E-state index contributed by atoms with van der Waals surface area (Å²) in [6.45, 7) is 0. The summed E-state index contributed by atoms with van der Waals surface area (Å²) in [5.74, 6) is 0.251. The highest BCUT2D eigenvalue weighted by Gasteiger charge is 2.28. The summed E-state index contributed by atoms with van der Waals surface area (Å²) in [5, 5.41) is 0.392. The molecule has 0 radical (unpaired) electrons. The van der Waals surface area contributed by atoms with Crippen LogP contribution in [0.15, 0.2) is 18.2 Å². The summed E-state index contributed by atoms with van der Waals surface area (Å²) in [5.41, 5.74) is 0.800. The molecule has 0 unspecified atom stereocenters. The van der Waals surface area contributed by atoms with Crippen LogP contribution in [0, 0.1) is 11.7 Å². The van der Waals surface area contributed by atoms with E-state index in [1.807, 2.05) is 0 Å². The van der Waals surface area contributed by atoms with Crippen LogP contribution < -0.4 is 0 Å². The molecule has 2 rings (SSSR count). The fourth-order valence-electron chi connectivity index (χ4n) is 1.63. The average Bonchev–Trinajstić information content (AvgIpc) is 2.95. The number of hydrogen-bond acceptors (Lipinski definition) is 1. The minimum atomic E-state index is -0.337. The van der Waals surface area contributed by atoms with Gasteiger partial charge in [0.1, 0.15) is 11.6 Å². The zero-order valence-corrected chi connectivity index (χ0v) is 9.06. The molecular weight excluding hydrogens is 215 g/mol. The van der Waals surface area contributed by atoms with Crippen molar-refractivity contribution >= 4 is 17.4 Å². The van der Waals surface area contributed by atoms with Gasteiger partial charge in [0.15, 0.2) is 0 Å². The maximum absolute atomic E-state index is 13.0. The van der Waals surface area contributed by atoms with Gasteiger partial charge in [-0.05, 0) is 43.0 Å². The Hall–Kier alpha value is -0.890. The molecule has 1 nitrogen and oxygen atoms in total. The van der Waals surface area contributed by atoms with E-state index < -0.39 is 0 Å². The SMILES string of the molecule is O=C(CCc1cc(F)cc(Cl)c1)C1CC1. The van der Waals surface area contributed by atoms with Gasteiger partial charge >= 0.3 is 0 Å². The molecule has 0 N–H and O–H groups in total. The molecule has 1 aliphatic carbocycles. The molecule has 0 bridgehead atoms. The van der Waals surface area contributed by atoms with Crippen LogP contribution in [0.5, 0.6) is 0 Å². The summed E-state index contributed by atoms with van der Waals surface area (Å²) in [7, 11) is 0. The number of carbonyl (C=O) groups is 1.